The zero-order valence-electron chi connectivity index (χ0n) is 17.5. The molecule has 2 heterocycles. The van der Waals surface area contributed by atoms with Gasteiger partial charge in [0.05, 0.1) is 11.1 Å². The largest absolute Gasteiger partial charge is 0.456 e. The van der Waals surface area contributed by atoms with Crippen molar-refractivity contribution in [2.24, 2.45) is 5.84 Å². The monoisotopic (exact) mass is 421 g/mol. The molecule has 0 aromatic heterocycles. The van der Waals surface area contributed by atoms with Gasteiger partial charge in [0.25, 0.3) is 17.7 Å². The first-order valence-corrected chi connectivity index (χ1v) is 10.0. The zero-order valence-corrected chi connectivity index (χ0v) is 17.5. The van der Waals surface area contributed by atoms with Crippen molar-refractivity contribution in [2.75, 3.05) is 0 Å². The molecule has 1 atom stereocenters. The van der Waals surface area contributed by atoms with Gasteiger partial charge in [-0.15, -0.1) is 0 Å². The molecule has 4 amide bonds. The Hall–Kier alpha value is -3.52. The first-order valence-electron chi connectivity index (χ1n) is 10.0. The Labute approximate surface area is 179 Å². The lowest BCUT2D eigenvalue weighted by molar-refractivity contribution is -0.151. The van der Waals surface area contributed by atoms with Crippen LogP contribution in [0.2, 0.25) is 0 Å². The van der Waals surface area contributed by atoms with Gasteiger partial charge in [0.15, 0.2) is 0 Å². The summed E-state index contributed by atoms with van der Waals surface area (Å²) < 4.78 is 6.00. The molecular weight excluding hydrogens is 398 g/mol. The molecule has 1 saturated heterocycles. The quantitative estimate of drug-likeness (QED) is 0.464. The van der Waals surface area contributed by atoms with Crippen LogP contribution in [0.5, 0.6) is 11.5 Å². The van der Waals surface area contributed by atoms with Crippen molar-refractivity contribution in [1.29, 1.82) is 0 Å². The van der Waals surface area contributed by atoms with Crippen LogP contribution in [0.15, 0.2) is 42.5 Å². The Morgan fingerprint density at radius 2 is 1.71 bits per heavy atom. The molecule has 4 rings (SSSR count). The van der Waals surface area contributed by atoms with Crippen LogP contribution < -0.4 is 10.6 Å². The molecule has 2 N–H and O–H groups in total. The summed E-state index contributed by atoms with van der Waals surface area (Å²) in [6, 6.07) is 11.2. The number of fused-ring (bicyclic) bond motifs is 1. The molecule has 2 aromatic rings. The van der Waals surface area contributed by atoms with Crippen LogP contribution in [0.1, 0.15) is 59.9 Å². The molecule has 31 heavy (non-hydrogen) atoms. The standard InChI is InChI=1S/C23H23N3O5/c1-23(2,3)13-6-4-7-14(12-13)31-17-9-5-8-15-19(17)22(30)25(20(15)28)16-10-11-18(27)26(24)21(16)29/h4-9,12,16H,10-11,24H2,1-3H3. The number of benzene rings is 2. The summed E-state index contributed by atoms with van der Waals surface area (Å²) in [5.41, 5.74) is 1.22. The highest BCUT2D eigenvalue weighted by atomic mass is 16.5. The van der Waals surface area contributed by atoms with Crippen LogP contribution in [0, 0.1) is 0 Å². The zero-order chi connectivity index (χ0) is 22.5. The second-order valence-corrected chi connectivity index (χ2v) is 8.70. The van der Waals surface area contributed by atoms with Crippen molar-refractivity contribution in [1.82, 2.24) is 9.91 Å². The summed E-state index contributed by atoms with van der Waals surface area (Å²) in [5.74, 6) is 3.73. The summed E-state index contributed by atoms with van der Waals surface area (Å²) in [4.78, 5) is 51.2. The minimum absolute atomic E-state index is 0.0245. The fourth-order valence-electron chi connectivity index (χ4n) is 3.82. The van der Waals surface area contributed by atoms with Gasteiger partial charge in [-0.3, -0.25) is 24.1 Å². The summed E-state index contributed by atoms with van der Waals surface area (Å²) in [7, 11) is 0. The second kappa shape index (κ2) is 7.31. The molecule has 1 unspecified atom stereocenters. The Bertz CT molecular complexity index is 1120. The average Bonchev–Trinajstić information content (AvgIpc) is 2.97. The number of hydrogen-bond donors (Lipinski definition) is 1. The first kappa shape index (κ1) is 20.7. The fourth-order valence-corrected chi connectivity index (χ4v) is 3.82. The van der Waals surface area contributed by atoms with Crippen LogP contribution in [-0.4, -0.2) is 39.6 Å². The third kappa shape index (κ3) is 3.48. The maximum Gasteiger partial charge on any atom is 0.266 e. The highest BCUT2D eigenvalue weighted by Crippen LogP contribution is 2.37. The first-order chi connectivity index (χ1) is 14.6. The molecule has 2 aliphatic rings. The maximum atomic E-state index is 13.2. The van der Waals surface area contributed by atoms with E-state index in [0.29, 0.717) is 10.8 Å². The van der Waals surface area contributed by atoms with E-state index in [1.165, 1.54) is 6.07 Å². The van der Waals surface area contributed by atoms with E-state index in [2.05, 4.69) is 20.8 Å². The number of amides is 4. The van der Waals surface area contributed by atoms with Crippen molar-refractivity contribution in [2.45, 2.75) is 45.1 Å². The Morgan fingerprint density at radius 1 is 1.00 bits per heavy atom. The number of rotatable bonds is 3. The molecule has 0 saturated carbocycles. The van der Waals surface area contributed by atoms with E-state index in [0.717, 1.165) is 10.5 Å². The molecule has 160 valence electrons. The smallest absolute Gasteiger partial charge is 0.266 e. The Balaban J connectivity index is 1.68. The van der Waals surface area contributed by atoms with Gasteiger partial charge in [0, 0.05) is 6.42 Å². The van der Waals surface area contributed by atoms with Gasteiger partial charge in [0.2, 0.25) is 5.91 Å². The number of nitrogens with two attached hydrogens (primary N) is 1. The molecule has 2 aliphatic heterocycles. The van der Waals surface area contributed by atoms with E-state index in [-0.39, 0.29) is 35.1 Å². The molecule has 2 aromatic carbocycles. The van der Waals surface area contributed by atoms with Crippen LogP contribution in [0.25, 0.3) is 0 Å². The number of nitrogens with zero attached hydrogens (tertiary/aromatic N) is 2. The van der Waals surface area contributed by atoms with Crippen LogP contribution in [-0.2, 0) is 15.0 Å². The van der Waals surface area contributed by atoms with Crippen LogP contribution >= 0.6 is 0 Å². The van der Waals surface area contributed by atoms with Gasteiger partial charge in [-0.1, -0.05) is 39.0 Å². The second-order valence-electron chi connectivity index (χ2n) is 8.70. The number of hydrazine groups is 1. The van der Waals surface area contributed by atoms with Gasteiger partial charge in [-0.2, -0.15) is 0 Å². The number of carbonyl (C=O) groups is 4. The predicted octanol–water partition coefficient (Wildman–Crippen LogP) is 2.76. The minimum atomic E-state index is -1.12. The van der Waals surface area contributed by atoms with Crippen molar-refractivity contribution < 1.29 is 23.9 Å². The Kier molecular flexibility index (Phi) is 4.89. The maximum absolute atomic E-state index is 13.2. The summed E-state index contributed by atoms with van der Waals surface area (Å²) >= 11 is 0. The van der Waals surface area contributed by atoms with E-state index in [9.17, 15) is 19.2 Å². The molecule has 8 nitrogen and oxygen atoms in total. The molecule has 1 fully saturated rings. The molecule has 0 bridgehead atoms. The normalized spacial score (nSPS) is 19.2. The molecule has 0 aliphatic carbocycles. The van der Waals surface area contributed by atoms with E-state index < -0.39 is 29.7 Å². The highest BCUT2D eigenvalue weighted by molar-refractivity contribution is 6.24. The summed E-state index contributed by atoms with van der Waals surface area (Å²) in [5, 5.41) is 0.479. The SMILES string of the molecule is CC(C)(C)c1cccc(Oc2cccc3c2C(=O)N(C2CCC(=O)N(N)C2=O)C3=O)c1. The van der Waals surface area contributed by atoms with Crippen LogP contribution in [0.4, 0.5) is 0 Å². The third-order valence-electron chi connectivity index (χ3n) is 5.57. The average molecular weight is 421 g/mol. The van der Waals surface area contributed by atoms with E-state index in [1.807, 2.05) is 18.2 Å². The van der Waals surface area contributed by atoms with Gasteiger partial charge >= 0.3 is 0 Å². The molecular formula is C23H23N3O5. The van der Waals surface area contributed by atoms with Crippen molar-refractivity contribution in [3.63, 3.8) is 0 Å². The lowest BCUT2D eigenvalue weighted by atomic mass is 9.87. The van der Waals surface area contributed by atoms with Crippen LogP contribution in [0.3, 0.4) is 0 Å². The van der Waals surface area contributed by atoms with E-state index in [4.69, 9.17) is 10.6 Å². The number of carbonyl (C=O) groups excluding carboxylic acids is 4. The van der Waals surface area contributed by atoms with E-state index >= 15 is 0 Å². The van der Waals surface area contributed by atoms with Gasteiger partial charge in [-0.25, -0.2) is 10.9 Å². The van der Waals surface area contributed by atoms with Gasteiger partial charge in [-0.05, 0) is 41.7 Å². The number of piperidine rings is 1. The van der Waals surface area contributed by atoms with Crippen molar-refractivity contribution in [3.05, 3.63) is 59.2 Å². The number of hydrogen-bond acceptors (Lipinski definition) is 6. The summed E-state index contributed by atoms with van der Waals surface area (Å²) in [6.07, 6.45) is 0.0178. The lowest BCUT2D eigenvalue weighted by Gasteiger charge is -2.31. The fraction of sp³-hybridized carbons (Fsp3) is 0.304. The topological polar surface area (TPSA) is 110 Å². The van der Waals surface area contributed by atoms with E-state index in [1.54, 1.807) is 18.2 Å². The predicted molar refractivity (Wildman–Crippen MR) is 111 cm³/mol. The number of ether oxygens (including phenoxy) is 1. The van der Waals surface area contributed by atoms with Gasteiger partial charge in [0.1, 0.15) is 17.5 Å². The summed E-state index contributed by atoms with van der Waals surface area (Å²) in [6.45, 7) is 6.25. The molecule has 0 spiro atoms. The van der Waals surface area contributed by atoms with Gasteiger partial charge < -0.3 is 4.74 Å². The highest BCUT2D eigenvalue weighted by Gasteiger charge is 2.47. The van der Waals surface area contributed by atoms with Crippen molar-refractivity contribution in [3.8, 4) is 11.5 Å². The number of imide groups is 2. The molecule has 0 radical (unpaired) electrons. The Morgan fingerprint density at radius 3 is 2.42 bits per heavy atom. The lowest BCUT2D eigenvalue weighted by Crippen LogP contribution is -2.58. The van der Waals surface area contributed by atoms with Crippen molar-refractivity contribution >= 4 is 23.6 Å². The molecule has 8 heteroatoms. The third-order valence-corrected chi connectivity index (χ3v) is 5.57. The minimum Gasteiger partial charge on any atom is -0.456 e.